The van der Waals surface area contributed by atoms with Crippen LogP contribution in [-0.2, 0) is 11.3 Å². The highest BCUT2D eigenvalue weighted by molar-refractivity contribution is 6.30. The molecule has 4 rings (SSSR count). The molecule has 2 fully saturated rings. The Morgan fingerprint density at radius 2 is 1.97 bits per heavy atom. The molecule has 0 aliphatic carbocycles. The summed E-state index contributed by atoms with van der Waals surface area (Å²) in [6.45, 7) is 5.14. The van der Waals surface area contributed by atoms with Gasteiger partial charge in [0.15, 0.2) is 0 Å². The van der Waals surface area contributed by atoms with Crippen LogP contribution in [0.3, 0.4) is 0 Å². The molecule has 0 aromatic heterocycles. The second-order valence-corrected chi connectivity index (χ2v) is 8.88. The Hall–Kier alpha value is -2.52. The van der Waals surface area contributed by atoms with E-state index in [1.54, 1.807) is 17.0 Å². The summed E-state index contributed by atoms with van der Waals surface area (Å²) >= 11 is 6.01. The summed E-state index contributed by atoms with van der Waals surface area (Å²) in [5.74, 6) is 1.39. The van der Waals surface area contributed by atoms with Crippen LogP contribution in [0.15, 0.2) is 48.5 Å². The van der Waals surface area contributed by atoms with Gasteiger partial charge in [-0.15, -0.1) is 0 Å². The average molecular weight is 476 g/mol. The Labute approximate surface area is 199 Å². The smallest absolute Gasteiger partial charge is 0.317 e. The van der Waals surface area contributed by atoms with Crippen molar-refractivity contribution in [3.8, 4) is 11.5 Å². The number of nitrogens with zero attached hydrogens (tertiary/aromatic N) is 2. The van der Waals surface area contributed by atoms with Crippen molar-refractivity contribution in [3.63, 3.8) is 0 Å². The van der Waals surface area contributed by atoms with Gasteiger partial charge in [0.05, 0.1) is 19.8 Å². The lowest BCUT2D eigenvalue weighted by Gasteiger charge is -2.30. The van der Waals surface area contributed by atoms with E-state index in [1.165, 1.54) is 0 Å². The Bertz CT molecular complexity index is 929. The summed E-state index contributed by atoms with van der Waals surface area (Å²) in [4.78, 5) is 15.5. The van der Waals surface area contributed by atoms with Crippen LogP contribution in [0, 0.1) is 0 Å². The number of β-amino-alcohol motifs (C(OH)–C–C–N with tert-alkyl or cyclic N) is 1. The maximum atomic E-state index is 11.6. The van der Waals surface area contributed by atoms with Crippen LogP contribution in [0.2, 0.25) is 5.02 Å². The van der Waals surface area contributed by atoms with Gasteiger partial charge in [-0.2, -0.15) is 0 Å². The maximum Gasteiger partial charge on any atom is 0.317 e. The van der Waals surface area contributed by atoms with E-state index in [9.17, 15) is 9.90 Å². The number of carbonyl (C=O) groups is 1. The fraction of sp³-hybridized carbons (Fsp3) is 0.458. The third-order valence-corrected chi connectivity index (χ3v) is 5.88. The lowest BCUT2D eigenvalue weighted by atomic mass is 10.1. The number of halogens is 1. The molecule has 2 aliphatic heterocycles. The van der Waals surface area contributed by atoms with E-state index in [0.29, 0.717) is 50.2 Å². The van der Waals surface area contributed by atoms with Crippen LogP contribution < -0.4 is 14.8 Å². The monoisotopic (exact) mass is 475 g/mol. The highest BCUT2D eigenvalue weighted by Gasteiger charge is 2.33. The minimum absolute atomic E-state index is 0.0340. The van der Waals surface area contributed by atoms with Gasteiger partial charge in [0.1, 0.15) is 30.3 Å². The van der Waals surface area contributed by atoms with E-state index in [2.05, 4.69) is 10.2 Å². The molecule has 0 unspecified atom stereocenters. The van der Waals surface area contributed by atoms with Crippen molar-refractivity contribution < 1.29 is 24.1 Å². The van der Waals surface area contributed by atoms with Gasteiger partial charge in [-0.05, 0) is 35.9 Å². The average Bonchev–Trinajstić information content (AvgIpc) is 3.11. The largest absolute Gasteiger partial charge is 0.492 e. The standard InChI is InChI=1S/C24H30ClN3O5/c25-20-2-1-3-22(14-20)33-18-24(30)16-27(10-12-31-17-24)15-19-4-6-21(7-5-19)32-13-11-28-9-8-26-23(28)29/h1-7,14,30H,8-13,15-18H2,(H,26,29)/t24-/m0/s1. The number of urea groups is 1. The number of nitrogens with one attached hydrogen (secondary N) is 1. The van der Waals surface area contributed by atoms with Crippen molar-refractivity contribution in [1.82, 2.24) is 15.1 Å². The van der Waals surface area contributed by atoms with E-state index >= 15 is 0 Å². The lowest BCUT2D eigenvalue weighted by Crippen LogP contribution is -2.48. The first-order valence-corrected chi connectivity index (χ1v) is 11.5. The molecule has 0 saturated carbocycles. The van der Waals surface area contributed by atoms with Crippen molar-refractivity contribution in [2.24, 2.45) is 0 Å². The molecule has 2 aliphatic rings. The van der Waals surface area contributed by atoms with Crippen LogP contribution in [0.5, 0.6) is 11.5 Å². The number of hydrogen-bond acceptors (Lipinski definition) is 6. The molecule has 8 nitrogen and oxygen atoms in total. The fourth-order valence-corrected chi connectivity index (χ4v) is 4.12. The summed E-state index contributed by atoms with van der Waals surface area (Å²) in [6, 6.07) is 15.0. The number of rotatable bonds is 9. The van der Waals surface area contributed by atoms with E-state index < -0.39 is 5.60 Å². The Balaban J connectivity index is 1.26. The normalized spacial score (nSPS) is 21.5. The van der Waals surface area contributed by atoms with E-state index in [1.807, 2.05) is 36.4 Å². The van der Waals surface area contributed by atoms with Crippen molar-refractivity contribution >= 4 is 17.6 Å². The van der Waals surface area contributed by atoms with Gasteiger partial charge in [-0.3, -0.25) is 4.90 Å². The first-order chi connectivity index (χ1) is 16.0. The van der Waals surface area contributed by atoms with E-state index in [-0.39, 0.29) is 19.2 Å². The number of benzene rings is 2. The molecular weight excluding hydrogens is 446 g/mol. The predicted molar refractivity (Wildman–Crippen MR) is 125 cm³/mol. The number of hydrogen-bond donors (Lipinski definition) is 2. The third-order valence-electron chi connectivity index (χ3n) is 5.65. The summed E-state index contributed by atoms with van der Waals surface area (Å²) < 4.78 is 17.2. The van der Waals surface area contributed by atoms with Gasteiger partial charge < -0.3 is 29.5 Å². The summed E-state index contributed by atoms with van der Waals surface area (Å²) in [5, 5.41) is 14.5. The molecule has 2 saturated heterocycles. The molecule has 1 atom stereocenters. The zero-order valence-electron chi connectivity index (χ0n) is 18.5. The van der Waals surface area contributed by atoms with Crippen LogP contribution in [0.4, 0.5) is 4.79 Å². The maximum absolute atomic E-state index is 11.6. The van der Waals surface area contributed by atoms with Crippen LogP contribution in [0.1, 0.15) is 5.56 Å². The van der Waals surface area contributed by atoms with Gasteiger partial charge in [0, 0.05) is 37.7 Å². The molecule has 0 radical (unpaired) electrons. The molecule has 0 bridgehead atoms. The second-order valence-electron chi connectivity index (χ2n) is 8.45. The Morgan fingerprint density at radius 3 is 2.73 bits per heavy atom. The fourth-order valence-electron chi connectivity index (χ4n) is 3.94. The number of aliphatic hydroxyl groups is 1. The first-order valence-electron chi connectivity index (χ1n) is 11.1. The van der Waals surface area contributed by atoms with Crippen LogP contribution in [0.25, 0.3) is 0 Å². The number of amides is 2. The second kappa shape index (κ2) is 11.1. The van der Waals surface area contributed by atoms with E-state index in [4.69, 9.17) is 25.8 Å². The Morgan fingerprint density at radius 1 is 1.12 bits per heavy atom. The summed E-state index contributed by atoms with van der Waals surface area (Å²) in [5.41, 5.74) is -0.00900. The lowest BCUT2D eigenvalue weighted by molar-refractivity contribution is -0.0646. The van der Waals surface area contributed by atoms with Gasteiger partial charge in [-0.1, -0.05) is 29.8 Å². The molecular formula is C24H30ClN3O5. The highest BCUT2D eigenvalue weighted by Crippen LogP contribution is 2.21. The number of carbonyl (C=O) groups excluding carboxylic acids is 1. The molecule has 2 aromatic carbocycles. The topological polar surface area (TPSA) is 83.5 Å². The van der Waals surface area contributed by atoms with Crippen LogP contribution in [-0.4, -0.2) is 85.7 Å². The van der Waals surface area contributed by atoms with Crippen molar-refractivity contribution in [2.75, 3.05) is 59.2 Å². The van der Waals surface area contributed by atoms with Crippen molar-refractivity contribution in [3.05, 3.63) is 59.1 Å². The molecule has 178 valence electrons. The molecule has 2 heterocycles. The molecule has 0 spiro atoms. The summed E-state index contributed by atoms with van der Waals surface area (Å²) in [7, 11) is 0. The van der Waals surface area contributed by atoms with E-state index in [0.717, 1.165) is 24.4 Å². The SMILES string of the molecule is O=C1NCCN1CCOc1ccc(CN2CCOC[C@](O)(COc3cccc(Cl)c3)C2)cc1. The molecule has 9 heteroatoms. The minimum atomic E-state index is -1.12. The zero-order valence-corrected chi connectivity index (χ0v) is 19.3. The van der Waals surface area contributed by atoms with Gasteiger partial charge in [0.2, 0.25) is 0 Å². The van der Waals surface area contributed by atoms with Gasteiger partial charge >= 0.3 is 6.03 Å². The predicted octanol–water partition coefficient (Wildman–Crippen LogP) is 2.39. The molecule has 2 N–H and O–H groups in total. The quantitative estimate of drug-likeness (QED) is 0.579. The van der Waals surface area contributed by atoms with Gasteiger partial charge in [0.25, 0.3) is 0 Å². The van der Waals surface area contributed by atoms with Crippen LogP contribution >= 0.6 is 11.6 Å². The van der Waals surface area contributed by atoms with Gasteiger partial charge in [-0.25, -0.2) is 4.79 Å². The highest BCUT2D eigenvalue weighted by atomic mass is 35.5. The minimum Gasteiger partial charge on any atom is -0.492 e. The zero-order chi connectivity index (χ0) is 23.1. The molecule has 2 amide bonds. The molecule has 33 heavy (non-hydrogen) atoms. The third kappa shape index (κ3) is 6.98. The number of ether oxygens (including phenoxy) is 3. The summed E-state index contributed by atoms with van der Waals surface area (Å²) in [6.07, 6.45) is 0. The van der Waals surface area contributed by atoms with Crippen molar-refractivity contribution in [2.45, 2.75) is 12.1 Å². The molecule has 2 aromatic rings. The van der Waals surface area contributed by atoms with Crippen molar-refractivity contribution in [1.29, 1.82) is 0 Å². The Kier molecular flexibility index (Phi) is 7.93. The first kappa shape index (κ1) is 23.6.